The van der Waals surface area contributed by atoms with E-state index in [1.807, 2.05) is 6.07 Å². The molecule has 1 aromatic rings. The van der Waals surface area contributed by atoms with Crippen LogP contribution in [0.25, 0.3) is 0 Å². The zero-order valence-electron chi connectivity index (χ0n) is 9.34. The highest BCUT2D eigenvalue weighted by atomic mass is 35.5. The van der Waals surface area contributed by atoms with Gasteiger partial charge in [-0.1, -0.05) is 23.7 Å². The molecule has 0 spiro atoms. The largest absolute Gasteiger partial charge is 0.314 e. The van der Waals surface area contributed by atoms with E-state index in [1.165, 1.54) is 6.07 Å². The van der Waals surface area contributed by atoms with Gasteiger partial charge in [0.15, 0.2) is 0 Å². The van der Waals surface area contributed by atoms with Gasteiger partial charge in [0, 0.05) is 32.2 Å². The van der Waals surface area contributed by atoms with Crippen molar-refractivity contribution >= 4 is 11.6 Å². The first kappa shape index (κ1) is 11.8. The number of rotatable bonds is 2. The number of halogens is 2. The van der Waals surface area contributed by atoms with Crippen LogP contribution in [-0.4, -0.2) is 31.1 Å². The lowest BCUT2D eigenvalue weighted by atomic mass is 10.1. The Morgan fingerprint density at radius 3 is 2.75 bits per heavy atom. The third-order valence-electron chi connectivity index (χ3n) is 3.13. The molecule has 0 amide bonds. The molecule has 0 unspecified atom stereocenters. The Hall–Kier alpha value is -0.640. The van der Waals surface area contributed by atoms with Crippen molar-refractivity contribution in [2.75, 3.05) is 26.2 Å². The molecule has 1 heterocycles. The first-order chi connectivity index (χ1) is 7.70. The lowest BCUT2D eigenvalue weighted by Crippen LogP contribution is -2.44. The number of nitrogens with one attached hydrogen (secondary N) is 1. The van der Waals surface area contributed by atoms with Crippen molar-refractivity contribution in [2.45, 2.75) is 13.0 Å². The molecule has 0 aromatic heterocycles. The van der Waals surface area contributed by atoms with Gasteiger partial charge in [0.2, 0.25) is 0 Å². The lowest BCUT2D eigenvalue weighted by molar-refractivity contribution is 0.185. The van der Waals surface area contributed by atoms with Gasteiger partial charge >= 0.3 is 0 Å². The zero-order chi connectivity index (χ0) is 11.5. The fourth-order valence-corrected chi connectivity index (χ4v) is 2.39. The molecule has 0 bridgehead atoms. The molecule has 88 valence electrons. The Bertz CT molecular complexity index is 364. The lowest BCUT2D eigenvalue weighted by Gasteiger charge is -2.33. The second-order valence-corrected chi connectivity index (χ2v) is 4.48. The molecular formula is C12H16ClFN2. The van der Waals surface area contributed by atoms with E-state index in [4.69, 9.17) is 11.6 Å². The summed E-state index contributed by atoms with van der Waals surface area (Å²) < 4.78 is 13.3. The second-order valence-electron chi connectivity index (χ2n) is 4.10. The SMILES string of the molecule is C[C@@H](c1cccc(F)c1Cl)N1CCNCC1. The van der Waals surface area contributed by atoms with E-state index in [0.717, 1.165) is 31.7 Å². The first-order valence-corrected chi connectivity index (χ1v) is 5.96. The van der Waals surface area contributed by atoms with Crippen LogP contribution in [0.15, 0.2) is 18.2 Å². The fraction of sp³-hybridized carbons (Fsp3) is 0.500. The minimum atomic E-state index is -0.332. The van der Waals surface area contributed by atoms with E-state index < -0.39 is 0 Å². The Labute approximate surface area is 100 Å². The maximum atomic E-state index is 13.3. The average molecular weight is 243 g/mol. The van der Waals surface area contributed by atoms with Crippen molar-refractivity contribution in [3.05, 3.63) is 34.6 Å². The highest BCUT2D eigenvalue weighted by Gasteiger charge is 2.20. The molecule has 0 radical (unpaired) electrons. The van der Waals surface area contributed by atoms with Crippen molar-refractivity contribution in [1.82, 2.24) is 10.2 Å². The number of nitrogens with zero attached hydrogens (tertiary/aromatic N) is 1. The maximum Gasteiger partial charge on any atom is 0.142 e. The smallest absolute Gasteiger partial charge is 0.142 e. The third-order valence-corrected chi connectivity index (χ3v) is 3.53. The van der Waals surface area contributed by atoms with Crippen LogP contribution in [0.5, 0.6) is 0 Å². The second kappa shape index (κ2) is 5.13. The van der Waals surface area contributed by atoms with Crippen LogP contribution in [0.1, 0.15) is 18.5 Å². The molecule has 1 fully saturated rings. The van der Waals surface area contributed by atoms with Crippen LogP contribution in [0, 0.1) is 5.82 Å². The number of piperazine rings is 1. The fourth-order valence-electron chi connectivity index (χ4n) is 2.11. The summed E-state index contributed by atoms with van der Waals surface area (Å²) in [6.07, 6.45) is 0. The molecule has 0 saturated carbocycles. The van der Waals surface area contributed by atoms with E-state index in [1.54, 1.807) is 6.07 Å². The van der Waals surface area contributed by atoms with Gasteiger partial charge in [-0.2, -0.15) is 0 Å². The molecule has 1 aromatic carbocycles. The molecule has 1 aliphatic heterocycles. The van der Waals surface area contributed by atoms with Crippen LogP contribution >= 0.6 is 11.6 Å². The molecule has 1 atom stereocenters. The topological polar surface area (TPSA) is 15.3 Å². The van der Waals surface area contributed by atoms with Gasteiger partial charge in [0.1, 0.15) is 5.82 Å². The molecule has 1 aliphatic rings. The molecule has 0 aliphatic carbocycles. The van der Waals surface area contributed by atoms with E-state index in [9.17, 15) is 4.39 Å². The normalized spacial score (nSPS) is 19.7. The van der Waals surface area contributed by atoms with Gasteiger partial charge in [-0.25, -0.2) is 4.39 Å². The predicted molar refractivity (Wildman–Crippen MR) is 64.3 cm³/mol. The maximum absolute atomic E-state index is 13.3. The highest BCUT2D eigenvalue weighted by Crippen LogP contribution is 2.29. The van der Waals surface area contributed by atoms with E-state index in [-0.39, 0.29) is 16.9 Å². The van der Waals surface area contributed by atoms with Crippen LogP contribution in [-0.2, 0) is 0 Å². The molecular weight excluding hydrogens is 227 g/mol. The van der Waals surface area contributed by atoms with E-state index in [0.29, 0.717) is 0 Å². The molecule has 1 N–H and O–H groups in total. The molecule has 2 rings (SSSR count). The van der Waals surface area contributed by atoms with Crippen molar-refractivity contribution in [3.63, 3.8) is 0 Å². The summed E-state index contributed by atoms with van der Waals surface area (Å²) in [6.45, 7) is 6.00. The molecule has 4 heteroatoms. The summed E-state index contributed by atoms with van der Waals surface area (Å²) in [7, 11) is 0. The minimum absolute atomic E-state index is 0.172. The van der Waals surface area contributed by atoms with Gasteiger partial charge in [-0.3, -0.25) is 4.90 Å². The van der Waals surface area contributed by atoms with Crippen molar-refractivity contribution in [3.8, 4) is 0 Å². The van der Waals surface area contributed by atoms with Gasteiger partial charge in [-0.05, 0) is 18.6 Å². The molecule has 1 saturated heterocycles. The molecule has 16 heavy (non-hydrogen) atoms. The van der Waals surface area contributed by atoms with Crippen molar-refractivity contribution in [1.29, 1.82) is 0 Å². The van der Waals surface area contributed by atoms with Crippen LogP contribution in [0.3, 0.4) is 0 Å². The monoisotopic (exact) mass is 242 g/mol. The van der Waals surface area contributed by atoms with Crippen LogP contribution in [0.2, 0.25) is 5.02 Å². The quantitative estimate of drug-likeness (QED) is 0.857. The third kappa shape index (κ3) is 2.37. The summed E-state index contributed by atoms with van der Waals surface area (Å²) in [6, 6.07) is 5.19. The van der Waals surface area contributed by atoms with Crippen molar-refractivity contribution in [2.24, 2.45) is 0 Å². The Balaban J connectivity index is 2.19. The summed E-state index contributed by atoms with van der Waals surface area (Å²) >= 11 is 5.99. The van der Waals surface area contributed by atoms with Gasteiger partial charge < -0.3 is 5.32 Å². The highest BCUT2D eigenvalue weighted by molar-refractivity contribution is 6.31. The Kier molecular flexibility index (Phi) is 3.79. The number of benzene rings is 1. The van der Waals surface area contributed by atoms with E-state index in [2.05, 4.69) is 17.1 Å². The van der Waals surface area contributed by atoms with Crippen LogP contribution in [0.4, 0.5) is 4.39 Å². The summed E-state index contributed by atoms with van der Waals surface area (Å²) in [4.78, 5) is 2.32. The number of hydrogen-bond acceptors (Lipinski definition) is 2. The minimum Gasteiger partial charge on any atom is -0.314 e. The predicted octanol–water partition coefficient (Wildman–Crippen LogP) is 2.45. The summed E-state index contributed by atoms with van der Waals surface area (Å²) in [5.41, 5.74) is 0.878. The van der Waals surface area contributed by atoms with Crippen molar-refractivity contribution < 1.29 is 4.39 Å². The zero-order valence-corrected chi connectivity index (χ0v) is 10.1. The Morgan fingerprint density at radius 2 is 2.06 bits per heavy atom. The number of hydrogen-bond donors (Lipinski definition) is 1. The van der Waals surface area contributed by atoms with Gasteiger partial charge in [0.05, 0.1) is 5.02 Å². The van der Waals surface area contributed by atoms with Gasteiger partial charge in [0.25, 0.3) is 0 Å². The van der Waals surface area contributed by atoms with Crippen LogP contribution < -0.4 is 5.32 Å². The summed E-state index contributed by atoms with van der Waals surface area (Å²) in [5.74, 6) is -0.332. The standard InChI is InChI=1S/C12H16ClFN2/c1-9(16-7-5-15-6-8-16)10-3-2-4-11(14)12(10)13/h2-4,9,15H,5-8H2,1H3/t9-/m0/s1. The average Bonchev–Trinajstić information content (AvgIpc) is 2.33. The van der Waals surface area contributed by atoms with Gasteiger partial charge in [-0.15, -0.1) is 0 Å². The first-order valence-electron chi connectivity index (χ1n) is 5.59. The summed E-state index contributed by atoms with van der Waals surface area (Å²) in [5, 5.41) is 3.56. The Morgan fingerprint density at radius 1 is 1.38 bits per heavy atom. The molecule has 2 nitrogen and oxygen atoms in total. The van der Waals surface area contributed by atoms with E-state index >= 15 is 0 Å².